The number of hydrogen-bond donors (Lipinski definition) is 3. The fourth-order valence-electron chi connectivity index (χ4n) is 4.76. The van der Waals surface area contributed by atoms with Crippen molar-refractivity contribution in [2.75, 3.05) is 26.6 Å². The molecule has 2 heterocycles. The summed E-state index contributed by atoms with van der Waals surface area (Å²) in [5.41, 5.74) is 1.73. The molecule has 0 spiro atoms. The van der Waals surface area contributed by atoms with Gasteiger partial charge in [0, 0.05) is 0 Å². The molecule has 216 valence electrons. The molecule has 5 rings (SSSR count). The van der Waals surface area contributed by atoms with Crippen molar-refractivity contribution in [3.05, 3.63) is 54.1 Å². The number of carbonyl (C=O) groups excluding carboxylic acids is 1. The first-order valence-electron chi connectivity index (χ1n) is 13.2. The van der Waals surface area contributed by atoms with E-state index in [1.54, 1.807) is 6.07 Å². The highest BCUT2D eigenvalue weighted by Gasteiger charge is 2.35. The van der Waals surface area contributed by atoms with E-state index in [0.29, 0.717) is 23.9 Å². The van der Waals surface area contributed by atoms with E-state index in [1.165, 1.54) is 12.1 Å². The minimum absolute atomic E-state index is 0.0524. The Hall–Kier alpha value is -3.14. The molecule has 3 N–H and O–H groups in total. The number of benzene rings is 2. The predicted octanol–water partition coefficient (Wildman–Crippen LogP) is 1.89. The first kappa shape index (κ1) is 28.4. The molecule has 1 aliphatic carbocycles. The number of alkyl carbamates (subject to hydrolysis) is 1. The van der Waals surface area contributed by atoms with E-state index in [-0.39, 0.29) is 37.4 Å². The summed E-state index contributed by atoms with van der Waals surface area (Å²) in [6.07, 6.45) is 0.431. The van der Waals surface area contributed by atoms with Crippen LogP contribution >= 0.6 is 0 Å². The van der Waals surface area contributed by atoms with Crippen molar-refractivity contribution in [1.82, 2.24) is 25.2 Å². The second-order valence-electron chi connectivity index (χ2n) is 9.87. The molecule has 1 aromatic heterocycles. The highest BCUT2D eigenvalue weighted by atomic mass is 32.2. The zero-order chi connectivity index (χ0) is 28.0. The van der Waals surface area contributed by atoms with Gasteiger partial charge in [-0.15, -0.1) is 0 Å². The molecule has 2 atom stereocenters. The van der Waals surface area contributed by atoms with Gasteiger partial charge in [0.05, 0.1) is 42.9 Å². The Bertz CT molecular complexity index is 1360. The second-order valence-corrected chi connectivity index (χ2v) is 11.7. The Kier molecular flexibility index (Phi) is 9.24. The fourth-order valence-corrected chi connectivity index (χ4v) is 6.08. The van der Waals surface area contributed by atoms with Gasteiger partial charge in [-0.05, 0) is 43.0 Å². The average molecular weight is 576 g/mol. The largest absolute Gasteiger partial charge is 0.441 e. The number of hydroxylamine groups is 1. The maximum absolute atomic E-state index is 13.8. The normalized spacial score (nSPS) is 18.6. The van der Waals surface area contributed by atoms with Crippen molar-refractivity contribution in [3.8, 4) is 0 Å². The Morgan fingerprint density at radius 3 is 2.55 bits per heavy atom. The van der Waals surface area contributed by atoms with E-state index in [4.69, 9.17) is 19.0 Å². The lowest BCUT2D eigenvalue weighted by atomic mass is 10.0. The summed E-state index contributed by atoms with van der Waals surface area (Å²) in [6, 6.07) is 12.7. The number of nitrogens with zero attached hydrogens (tertiary/aromatic N) is 3. The van der Waals surface area contributed by atoms with Crippen LogP contribution in [0.2, 0.25) is 0 Å². The predicted molar refractivity (Wildman–Crippen MR) is 141 cm³/mol. The molecule has 2 aromatic carbocycles. The van der Waals surface area contributed by atoms with Gasteiger partial charge in [-0.25, -0.2) is 13.2 Å². The van der Waals surface area contributed by atoms with Gasteiger partial charge in [-0.2, -0.15) is 15.4 Å². The van der Waals surface area contributed by atoms with Gasteiger partial charge < -0.3 is 24.6 Å². The number of aliphatic hydroxyl groups excluding tert-OH is 1. The highest BCUT2D eigenvalue weighted by molar-refractivity contribution is 7.89. The van der Waals surface area contributed by atoms with E-state index in [1.807, 2.05) is 30.3 Å². The third-order valence-corrected chi connectivity index (χ3v) is 8.49. The number of aliphatic hydroxyl groups is 1. The number of amides is 1. The summed E-state index contributed by atoms with van der Waals surface area (Å²) in [4.78, 5) is 18.7. The van der Waals surface area contributed by atoms with E-state index in [2.05, 4.69) is 20.7 Å². The van der Waals surface area contributed by atoms with Crippen LogP contribution in [0.15, 0.2) is 53.4 Å². The van der Waals surface area contributed by atoms with Crippen LogP contribution in [0.25, 0.3) is 11.0 Å². The Balaban J connectivity index is 1.37. The van der Waals surface area contributed by atoms with Crippen LogP contribution in [0.1, 0.15) is 31.2 Å². The molecule has 1 amide bonds. The number of ether oxygens (including phenoxy) is 3. The summed E-state index contributed by atoms with van der Waals surface area (Å²) in [5.74, 6) is 0. The SMILES string of the molecule is O=C(NC(Cc1ccccc1)C(O)CN(OC1CCCC1)S(=O)(=O)c1ccc2n[nH]nc2c1)OC1COCOC1. The first-order valence-corrected chi connectivity index (χ1v) is 14.7. The van der Waals surface area contributed by atoms with Crippen molar-refractivity contribution in [2.24, 2.45) is 0 Å². The van der Waals surface area contributed by atoms with Gasteiger partial charge in [0.1, 0.15) is 17.8 Å². The monoisotopic (exact) mass is 575 g/mol. The molecule has 2 aliphatic rings. The number of H-pyrrole nitrogens is 1. The maximum Gasteiger partial charge on any atom is 0.407 e. The summed E-state index contributed by atoms with van der Waals surface area (Å²) >= 11 is 0. The molecule has 14 heteroatoms. The number of hydrogen-bond acceptors (Lipinski definition) is 10. The first-order chi connectivity index (χ1) is 19.4. The van der Waals surface area contributed by atoms with Crippen molar-refractivity contribution < 1.29 is 37.4 Å². The number of aromatic nitrogens is 3. The van der Waals surface area contributed by atoms with Gasteiger partial charge in [0.2, 0.25) is 0 Å². The molecule has 2 fully saturated rings. The Morgan fingerprint density at radius 1 is 1.07 bits per heavy atom. The van der Waals surface area contributed by atoms with E-state index in [0.717, 1.165) is 22.9 Å². The molecular weight excluding hydrogens is 542 g/mol. The van der Waals surface area contributed by atoms with Crippen molar-refractivity contribution >= 4 is 27.1 Å². The molecule has 1 saturated heterocycles. The molecule has 1 saturated carbocycles. The minimum Gasteiger partial charge on any atom is -0.441 e. The van der Waals surface area contributed by atoms with Crippen molar-refractivity contribution in [2.45, 2.75) is 61.4 Å². The Morgan fingerprint density at radius 2 is 1.80 bits per heavy atom. The lowest BCUT2D eigenvalue weighted by molar-refractivity contribution is -0.153. The lowest BCUT2D eigenvalue weighted by Crippen LogP contribution is -2.52. The van der Waals surface area contributed by atoms with Gasteiger partial charge >= 0.3 is 6.09 Å². The zero-order valence-corrected chi connectivity index (χ0v) is 22.7. The van der Waals surface area contributed by atoms with Crippen LogP contribution in [0.5, 0.6) is 0 Å². The molecule has 13 nitrogen and oxygen atoms in total. The van der Waals surface area contributed by atoms with Crippen LogP contribution in [0.3, 0.4) is 0 Å². The van der Waals surface area contributed by atoms with Crippen LogP contribution in [0, 0.1) is 0 Å². The topological polar surface area (TPSA) is 165 Å². The summed E-state index contributed by atoms with van der Waals surface area (Å²) in [6.45, 7) is 0.0850. The van der Waals surface area contributed by atoms with E-state index in [9.17, 15) is 18.3 Å². The van der Waals surface area contributed by atoms with Crippen LogP contribution < -0.4 is 5.32 Å². The summed E-state index contributed by atoms with van der Waals surface area (Å²) in [5, 5.41) is 24.5. The molecular formula is C26H33N5O8S. The standard InChI is InChI=1S/C26H33N5O8S/c32-25(24(12-18-6-2-1-3-7-18)27-26(33)38-20-15-36-17-37-16-20)14-31(39-19-8-4-5-9-19)40(34,35)21-10-11-22-23(13-21)29-30-28-22/h1-3,6-7,10-11,13,19-20,24-25,32H,4-5,8-9,12,14-17H2,(H,27,33)(H,28,29,30). The number of carbonyl (C=O) groups is 1. The molecule has 0 radical (unpaired) electrons. The number of nitrogens with one attached hydrogen (secondary N) is 2. The van der Waals surface area contributed by atoms with Crippen LogP contribution in [0.4, 0.5) is 4.79 Å². The van der Waals surface area contributed by atoms with Gasteiger partial charge in [-0.1, -0.05) is 47.6 Å². The van der Waals surface area contributed by atoms with Gasteiger partial charge in [0.15, 0.2) is 6.10 Å². The van der Waals surface area contributed by atoms with Gasteiger partial charge in [-0.3, -0.25) is 4.84 Å². The number of rotatable bonds is 11. The summed E-state index contributed by atoms with van der Waals surface area (Å²) in [7, 11) is -4.22. The zero-order valence-electron chi connectivity index (χ0n) is 21.8. The van der Waals surface area contributed by atoms with E-state index >= 15 is 0 Å². The molecule has 1 aliphatic heterocycles. The molecule has 40 heavy (non-hydrogen) atoms. The highest BCUT2D eigenvalue weighted by Crippen LogP contribution is 2.27. The summed E-state index contributed by atoms with van der Waals surface area (Å²) < 4.78 is 44.1. The molecule has 0 bridgehead atoms. The second kappa shape index (κ2) is 13.0. The van der Waals surface area contributed by atoms with Crippen molar-refractivity contribution in [3.63, 3.8) is 0 Å². The lowest BCUT2D eigenvalue weighted by Gasteiger charge is -2.31. The van der Waals surface area contributed by atoms with Crippen LogP contribution in [-0.2, 0) is 35.5 Å². The van der Waals surface area contributed by atoms with Gasteiger partial charge in [0.25, 0.3) is 10.0 Å². The number of aromatic amines is 1. The number of sulfonamides is 1. The average Bonchev–Trinajstić information content (AvgIpc) is 3.65. The maximum atomic E-state index is 13.8. The molecule has 3 aromatic rings. The number of fused-ring (bicyclic) bond motifs is 1. The Labute approximate surface area is 231 Å². The van der Waals surface area contributed by atoms with Crippen LogP contribution in [-0.4, -0.2) is 90.4 Å². The van der Waals surface area contributed by atoms with Crippen molar-refractivity contribution in [1.29, 1.82) is 0 Å². The van der Waals surface area contributed by atoms with E-state index < -0.39 is 40.9 Å². The molecule has 2 unspecified atom stereocenters. The smallest absolute Gasteiger partial charge is 0.407 e. The third-order valence-electron chi connectivity index (χ3n) is 6.87. The quantitative estimate of drug-likeness (QED) is 0.288. The fraction of sp³-hybridized carbons (Fsp3) is 0.500. The third kappa shape index (κ3) is 7.13. The minimum atomic E-state index is -4.22.